The van der Waals surface area contributed by atoms with Gasteiger partial charge in [0.1, 0.15) is 17.2 Å². The second-order valence-electron chi connectivity index (χ2n) is 7.78. The number of benzene rings is 3. The van der Waals surface area contributed by atoms with Crippen molar-refractivity contribution in [3.8, 4) is 17.2 Å². The molecule has 7 nitrogen and oxygen atoms in total. The number of fused-ring (bicyclic) bond motifs is 1. The maximum Gasteiger partial charge on any atom is 0.263 e. The summed E-state index contributed by atoms with van der Waals surface area (Å²) < 4.78 is 16.7. The molecule has 0 aromatic heterocycles. The van der Waals surface area contributed by atoms with E-state index in [4.69, 9.17) is 14.2 Å². The minimum atomic E-state index is -0.614. The molecule has 4 rings (SSSR count). The number of carbonyl (C=O) groups is 2. The van der Waals surface area contributed by atoms with Crippen LogP contribution in [0.25, 0.3) is 0 Å². The molecule has 170 valence electrons. The van der Waals surface area contributed by atoms with Crippen LogP contribution in [0.3, 0.4) is 0 Å². The molecule has 0 saturated carbocycles. The molecule has 33 heavy (non-hydrogen) atoms. The molecule has 7 heteroatoms. The van der Waals surface area contributed by atoms with Crippen molar-refractivity contribution in [1.29, 1.82) is 0 Å². The van der Waals surface area contributed by atoms with Gasteiger partial charge in [0, 0.05) is 24.3 Å². The second-order valence-corrected chi connectivity index (χ2v) is 7.78. The summed E-state index contributed by atoms with van der Waals surface area (Å²) in [5, 5.41) is 2.85. The van der Waals surface area contributed by atoms with Crippen molar-refractivity contribution in [3.05, 3.63) is 83.9 Å². The molecular formula is C26H26N2O5. The lowest BCUT2D eigenvalue weighted by atomic mass is 10.1. The number of hydrogen-bond donors (Lipinski definition) is 1. The van der Waals surface area contributed by atoms with Gasteiger partial charge in [-0.3, -0.25) is 9.59 Å². The van der Waals surface area contributed by atoms with Crippen molar-refractivity contribution in [3.63, 3.8) is 0 Å². The fraction of sp³-hybridized carbons (Fsp3) is 0.231. The minimum absolute atomic E-state index is 0.101. The summed E-state index contributed by atoms with van der Waals surface area (Å²) in [6.45, 7) is 2.42. The Balaban J connectivity index is 1.47. The first kappa shape index (κ1) is 22.2. The van der Waals surface area contributed by atoms with Crippen molar-refractivity contribution >= 4 is 17.5 Å². The number of carbonyl (C=O) groups excluding carboxylic acids is 2. The van der Waals surface area contributed by atoms with Crippen LogP contribution in [-0.4, -0.2) is 36.5 Å². The molecule has 0 unspecified atom stereocenters. The number of nitrogens with zero attached hydrogens (tertiary/aromatic N) is 1. The molecule has 1 heterocycles. The zero-order valence-corrected chi connectivity index (χ0v) is 18.6. The lowest BCUT2D eigenvalue weighted by Gasteiger charge is -2.22. The summed E-state index contributed by atoms with van der Waals surface area (Å²) in [6.07, 6.45) is -0.614. The van der Waals surface area contributed by atoms with Gasteiger partial charge < -0.3 is 24.4 Å². The Morgan fingerprint density at radius 3 is 2.64 bits per heavy atom. The summed E-state index contributed by atoms with van der Waals surface area (Å²) in [4.78, 5) is 27.0. The highest BCUT2D eigenvalue weighted by atomic mass is 16.5. The molecule has 1 aliphatic heterocycles. The molecule has 3 aromatic rings. The van der Waals surface area contributed by atoms with Gasteiger partial charge in [0.2, 0.25) is 0 Å². The predicted octanol–water partition coefficient (Wildman–Crippen LogP) is 4.02. The van der Waals surface area contributed by atoms with E-state index in [-0.39, 0.29) is 18.4 Å². The smallest absolute Gasteiger partial charge is 0.263 e. The van der Waals surface area contributed by atoms with Crippen LogP contribution >= 0.6 is 0 Å². The van der Waals surface area contributed by atoms with Crippen LogP contribution in [-0.2, 0) is 22.7 Å². The summed E-state index contributed by atoms with van der Waals surface area (Å²) in [5.74, 6) is 1.62. The van der Waals surface area contributed by atoms with Crippen molar-refractivity contribution < 1.29 is 23.8 Å². The van der Waals surface area contributed by atoms with Crippen LogP contribution < -0.4 is 19.5 Å². The van der Waals surface area contributed by atoms with Gasteiger partial charge in [-0.05, 0) is 55.0 Å². The third kappa shape index (κ3) is 5.63. The van der Waals surface area contributed by atoms with E-state index in [1.807, 2.05) is 48.5 Å². The first-order valence-electron chi connectivity index (χ1n) is 10.7. The zero-order chi connectivity index (χ0) is 23.2. The molecule has 0 aliphatic carbocycles. The normalized spacial score (nSPS) is 15.2. The Morgan fingerprint density at radius 2 is 1.85 bits per heavy atom. The molecule has 1 N–H and O–H groups in total. The van der Waals surface area contributed by atoms with Gasteiger partial charge in [-0.1, -0.05) is 30.3 Å². The highest BCUT2D eigenvalue weighted by molar-refractivity contribution is 5.92. The Bertz CT molecular complexity index is 1130. The van der Waals surface area contributed by atoms with Gasteiger partial charge in [0.05, 0.1) is 7.11 Å². The monoisotopic (exact) mass is 446 g/mol. The Hall–Kier alpha value is -4.00. The van der Waals surface area contributed by atoms with E-state index in [2.05, 4.69) is 5.32 Å². The highest BCUT2D eigenvalue weighted by Gasteiger charge is 2.28. The van der Waals surface area contributed by atoms with Gasteiger partial charge in [-0.15, -0.1) is 0 Å². The average Bonchev–Trinajstić information content (AvgIpc) is 2.94. The van der Waals surface area contributed by atoms with Crippen LogP contribution in [0.4, 0.5) is 5.69 Å². The van der Waals surface area contributed by atoms with Gasteiger partial charge >= 0.3 is 0 Å². The molecular weight excluding hydrogens is 420 g/mol. The van der Waals surface area contributed by atoms with Crippen molar-refractivity contribution in [2.75, 3.05) is 19.0 Å². The highest BCUT2D eigenvalue weighted by Crippen LogP contribution is 2.29. The third-order valence-electron chi connectivity index (χ3n) is 5.29. The van der Waals surface area contributed by atoms with E-state index in [9.17, 15) is 9.59 Å². The predicted molar refractivity (Wildman–Crippen MR) is 124 cm³/mol. The average molecular weight is 447 g/mol. The molecule has 0 spiro atoms. The van der Waals surface area contributed by atoms with Crippen LogP contribution in [0.15, 0.2) is 72.8 Å². The minimum Gasteiger partial charge on any atom is -0.497 e. The molecule has 0 fully saturated rings. The van der Waals surface area contributed by atoms with Crippen LogP contribution in [0.1, 0.15) is 18.1 Å². The van der Waals surface area contributed by atoms with Crippen molar-refractivity contribution in [2.45, 2.75) is 26.1 Å². The number of para-hydroxylation sites is 1. The van der Waals surface area contributed by atoms with Gasteiger partial charge in [-0.2, -0.15) is 0 Å². The van der Waals surface area contributed by atoms with Gasteiger partial charge in [0.15, 0.2) is 12.7 Å². The number of rotatable bonds is 7. The number of methoxy groups -OCH3 is 1. The second kappa shape index (κ2) is 10.1. The molecule has 1 atom stereocenters. The number of nitrogens with one attached hydrogen (secondary N) is 1. The van der Waals surface area contributed by atoms with E-state index in [0.29, 0.717) is 30.3 Å². The summed E-state index contributed by atoms with van der Waals surface area (Å²) in [5.41, 5.74) is 2.39. The molecule has 3 aromatic carbocycles. The maximum absolute atomic E-state index is 12.9. The lowest BCUT2D eigenvalue weighted by molar-refractivity contribution is -0.138. The van der Waals surface area contributed by atoms with E-state index in [0.717, 1.165) is 16.9 Å². The zero-order valence-electron chi connectivity index (χ0n) is 18.6. The Labute approximate surface area is 192 Å². The molecule has 0 radical (unpaired) electrons. The molecule has 0 bridgehead atoms. The maximum atomic E-state index is 12.9. The fourth-order valence-corrected chi connectivity index (χ4v) is 3.66. The van der Waals surface area contributed by atoms with Crippen molar-refractivity contribution in [1.82, 2.24) is 4.90 Å². The Kier molecular flexibility index (Phi) is 6.78. The standard InChI is InChI=1S/C26H26N2O5/c1-18-26(30)28(15-19-7-6-10-23(13-19)31-2)16-20-14-21(11-12-24(20)33-18)27-25(29)17-32-22-8-4-3-5-9-22/h3-14,18H,15-17H2,1-2H3,(H,27,29)/t18-/m0/s1. The van der Waals surface area contributed by atoms with Gasteiger partial charge in [0.25, 0.3) is 11.8 Å². The first-order valence-corrected chi connectivity index (χ1v) is 10.7. The van der Waals surface area contributed by atoms with Crippen LogP contribution in [0.5, 0.6) is 17.2 Å². The number of ether oxygens (including phenoxy) is 3. The van der Waals surface area contributed by atoms with E-state index < -0.39 is 6.10 Å². The molecule has 1 aliphatic rings. The first-order chi connectivity index (χ1) is 16.0. The van der Waals surface area contributed by atoms with E-state index in [1.165, 1.54) is 0 Å². The molecule has 2 amide bonds. The molecule has 0 saturated heterocycles. The fourth-order valence-electron chi connectivity index (χ4n) is 3.66. The number of anilines is 1. The van der Waals surface area contributed by atoms with Gasteiger partial charge in [-0.25, -0.2) is 0 Å². The summed E-state index contributed by atoms with van der Waals surface area (Å²) in [6, 6.07) is 22.2. The quantitative estimate of drug-likeness (QED) is 0.593. The van der Waals surface area contributed by atoms with Crippen molar-refractivity contribution in [2.24, 2.45) is 0 Å². The lowest BCUT2D eigenvalue weighted by Crippen LogP contribution is -2.37. The Morgan fingerprint density at radius 1 is 1.06 bits per heavy atom. The SMILES string of the molecule is COc1cccc(CN2Cc3cc(NC(=O)COc4ccccc4)ccc3O[C@@H](C)C2=O)c1. The third-order valence-corrected chi connectivity index (χ3v) is 5.29. The van der Waals surface area contributed by atoms with E-state index in [1.54, 1.807) is 43.2 Å². The number of hydrogen-bond acceptors (Lipinski definition) is 5. The van der Waals surface area contributed by atoms with E-state index >= 15 is 0 Å². The summed E-state index contributed by atoms with van der Waals surface area (Å²) in [7, 11) is 1.61. The summed E-state index contributed by atoms with van der Waals surface area (Å²) >= 11 is 0. The van der Waals surface area contributed by atoms with Crippen LogP contribution in [0, 0.1) is 0 Å². The van der Waals surface area contributed by atoms with Crippen LogP contribution in [0.2, 0.25) is 0 Å². The topological polar surface area (TPSA) is 77.1 Å². The largest absolute Gasteiger partial charge is 0.497 e. The number of amides is 2.